The molecule has 1 aromatic carbocycles. The fourth-order valence-electron chi connectivity index (χ4n) is 1.86. The van der Waals surface area contributed by atoms with Crippen molar-refractivity contribution in [2.24, 2.45) is 5.73 Å². The van der Waals surface area contributed by atoms with Gasteiger partial charge in [0.2, 0.25) is 0 Å². The highest BCUT2D eigenvalue weighted by Gasteiger charge is 2.03. The summed E-state index contributed by atoms with van der Waals surface area (Å²) in [6, 6.07) is 8.45. The standard InChI is InChI=1S/C13H17N3/c1-2-13-15-8-9-16(13)12-5-3-4-11(10-12)6-7-14/h3-5,8-10H,2,6-7,14H2,1H3. The molecule has 0 spiro atoms. The van der Waals surface area contributed by atoms with E-state index in [-0.39, 0.29) is 0 Å². The highest BCUT2D eigenvalue weighted by Crippen LogP contribution is 2.13. The van der Waals surface area contributed by atoms with E-state index in [0.29, 0.717) is 6.54 Å². The summed E-state index contributed by atoms with van der Waals surface area (Å²) in [6.07, 6.45) is 5.70. The molecule has 2 rings (SSSR count). The van der Waals surface area contributed by atoms with Gasteiger partial charge in [-0.05, 0) is 30.7 Å². The number of aromatic nitrogens is 2. The van der Waals surface area contributed by atoms with Gasteiger partial charge in [0.1, 0.15) is 5.82 Å². The van der Waals surface area contributed by atoms with E-state index in [2.05, 4.69) is 40.7 Å². The van der Waals surface area contributed by atoms with Gasteiger partial charge < -0.3 is 10.3 Å². The number of nitrogens with two attached hydrogens (primary N) is 1. The van der Waals surface area contributed by atoms with E-state index in [1.54, 1.807) is 0 Å². The van der Waals surface area contributed by atoms with E-state index in [9.17, 15) is 0 Å². The fraction of sp³-hybridized carbons (Fsp3) is 0.308. The van der Waals surface area contributed by atoms with Crippen molar-refractivity contribution in [3.05, 3.63) is 48.0 Å². The van der Waals surface area contributed by atoms with E-state index in [1.807, 2.05) is 12.4 Å². The molecule has 0 unspecified atom stereocenters. The Morgan fingerprint density at radius 2 is 2.25 bits per heavy atom. The molecule has 0 aliphatic carbocycles. The molecule has 0 saturated carbocycles. The molecule has 0 radical (unpaired) electrons. The molecule has 0 fully saturated rings. The van der Waals surface area contributed by atoms with E-state index in [4.69, 9.17) is 5.73 Å². The van der Waals surface area contributed by atoms with Gasteiger partial charge in [0.25, 0.3) is 0 Å². The molecule has 3 nitrogen and oxygen atoms in total. The Morgan fingerprint density at radius 1 is 1.38 bits per heavy atom. The summed E-state index contributed by atoms with van der Waals surface area (Å²) in [4.78, 5) is 4.32. The van der Waals surface area contributed by atoms with Crippen LogP contribution in [0.5, 0.6) is 0 Å². The van der Waals surface area contributed by atoms with Gasteiger partial charge in [-0.15, -0.1) is 0 Å². The van der Waals surface area contributed by atoms with Gasteiger partial charge in [0.15, 0.2) is 0 Å². The maximum atomic E-state index is 5.57. The zero-order chi connectivity index (χ0) is 11.4. The molecule has 16 heavy (non-hydrogen) atoms. The molecule has 1 heterocycles. The third kappa shape index (κ3) is 2.14. The van der Waals surface area contributed by atoms with Gasteiger partial charge in [-0.2, -0.15) is 0 Å². The molecule has 0 saturated heterocycles. The van der Waals surface area contributed by atoms with Crippen molar-refractivity contribution in [3.63, 3.8) is 0 Å². The highest BCUT2D eigenvalue weighted by atomic mass is 15.1. The van der Waals surface area contributed by atoms with Crippen LogP contribution in [0.15, 0.2) is 36.7 Å². The van der Waals surface area contributed by atoms with Crippen molar-refractivity contribution < 1.29 is 0 Å². The average molecular weight is 215 g/mol. The number of nitrogens with zero attached hydrogens (tertiary/aromatic N) is 2. The Morgan fingerprint density at radius 3 is 3.00 bits per heavy atom. The molecule has 0 aliphatic heterocycles. The molecule has 0 atom stereocenters. The number of rotatable bonds is 4. The molecular weight excluding hydrogens is 198 g/mol. The second kappa shape index (κ2) is 4.94. The van der Waals surface area contributed by atoms with Gasteiger partial charge in [-0.3, -0.25) is 0 Å². The van der Waals surface area contributed by atoms with Crippen LogP contribution >= 0.6 is 0 Å². The fourth-order valence-corrected chi connectivity index (χ4v) is 1.86. The van der Waals surface area contributed by atoms with Crippen LogP contribution in [-0.4, -0.2) is 16.1 Å². The van der Waals surface area contributed by atoms with Crippen molar-refractivity contribution in [1.29, 1.82) is 0 Å². The van der Waals surface area contributed by atoms with Gasteiger partial charge in [0.05, 0.1) is 0 Å². The third-order valence-corrected chi connectivity index (χ3v) is 2.66. The second-order valence-electron chi connectivity index (χ2n) is 3.78. The number of benzene rings is 1. The summed E-state index contributed by atoms with van der Waals surface area (Å²) >= 11 is 0. The first-order valence-corrected chi connectivity index (χ1v) is 5.66. The Labute approximate surface area is 95.9 Å². The van der Waals surface area contributed by atoms with Crippen LogP contribution in [0.3, 0.4) is 0 Å². The van der Waals surface area contributed by atoms with Crippen LogP contribution in [0.25, 0.3) is 5.69 Å². The lowest BCUT2D eigenvalue weighted by atomic mass is 10.1. The largest absolute Gasteiger partial charge is 0.330 e. The van der Waals surface area contributed by atoms with Crippen molar-refractivity contribution in [2.75, 3.05) is 6.54 Å². The Bertz CT molecular complexity index is 460. The molecule has 0 aliphatic rings. The number of hydrogen-bond donors (Lipinski definition) is 1. The minimum atomic E-state index is 0.689. The average Bonchev–Trinajstić information content (AvgIpc) is 2.78. The zero-order valence-corrected chi connectivity index (χ0v) is 9.56. The lowest BCUT2D eigenvalue weighted by Crippen LogP contribution is -2.04. The first-order valence-electron chi connectivity index (χ1n) is 5.66. The van der Waals surface area contributed by atoms with E-state index in [1.165, 1.54) is 11.3 Å². The molecule has 1 aromatic heterocycles. The smallest absolute Gasteiger partial charge is 0.112 e. The SMILES string of the molecule is CCc1nccn1-c1cccc(CCN)c1. The van der Waals surface area contributed by atoms with Crippen molar-refractivity contribution in [1.82, 2.24) is 9.55 Å². The van der Waals surface area contributed by atoms with Crippen molar-refractivity contribution >= 4 is 0 Å². The summed E-state index contributed by atoms with van der Waals surface area (Å²) < 4.78 is 2.13. The first kappa shape index (κ1) is 10.9. The van der Waals surface area contributed by atoms with Gasteiger partial charge in [-0.25, -0.2) is 4.98 Å². The summed E-state index contributed by atoms with van der Waals surface area (Å²) in [5.41, 5.74) is 8.01. The maximum absolute atomic E-state index is 5.57. The van der Waals surface area contributed by atoms with Crippen LogP contribution < -0.4 is 5.73 Å². The predicted octanol–water partition coefficient (Wildman–Crippen LogP) is 1.94. The quantitative estimate of drug-likeness (QED) is 0.847. The summed E-state index contributed by atoms with van der Waals surface area (Å²) in [7, 11) is 0. The molecular formula is C13H17N3. The summed E-state index contributed by atoms with van der Waals surface area (Å²) in [5.74, 6) is 1.09. The molecule has 2 N–H and O–H groups in total. The number of hydrogen-bond acceptors (Lipinski definition) is 2. The zero-order valence-electron chi connectivity index (χ0n) is 9.56. The highest BCUT2D eigenvalue weighted by molar-refractivity contribution is 5.37. The minimum absolute atomic E-state index is 0.689. The second-order valence-corrected chi connectivity index (χ2v) is 3.78. The maximum Gasteiger partial charge on any atom is 0.112 e. The van der Waals surface area contributed by atoms with Gasteiger partial charge in [0, 0.05) is 24.5 Å². The lowest BCUT2D eigenvalue weighted by Gasteiger charge is -2.08. The van der Waals surface area contributed by atoms with Gasteiger partial charge in [-0.1, -0.05) is 19.1 Å². The van der Waals surface area contributed by atoms with E-state index < -0.39 is 0 Å². The topological polar surface area (TPSA) is 43.8 Å². The molecule has 0 bridgehead atoms. The number of aryl methyl sites for hydroxylation is 1. The third-order valence-electron chi connectivity index (χ3n) is 2.66. The van der Waals surface area contributed by atoms with Crippen LogP contribution in [-0.2, 0) is 12.8 Å². The van der Waals surface area contributed by atoms with Crippen LogP contribution in [0.2, 0.25) is 0 Å². The normalized spacial score (nSPS) is 10.6. The van der Waals surface area contributed by atoms with E-state index >= 15 is 0 Å². The van der Waals surface area contributed by atoms with E-state index in [0.717, 1.165) is 18.7 Å². The predicted molar refractivity (Wildman–Crippen MR) is 65.7 cm³/mol. The van der Waals surface area contributed by atoms with Crippen molar-refractivity contribution in [2.45, 2.75) is 19.8 Å². The summed E-state index contributed by atoms with van der Waals surface area (Å²) in [5, 5.41) is 0. The van der Waals surface area contributed by atoms with Crippen LogP contribution in [0.4, 0.5) is 0 Å². The number of imidazole rings is 1. The molecule has 2 aromatic rings. The minimum Gasteiger partial charge on any atom is -0.330 e. The van der Waals surface area contributed by atoms with Gasteiger partial charge >= 0.3 is 0 Å². The van der Waals surface area contributed by atoms with Crippen LogP contribution in [0.1, 0.15) is 18.3 Å². The van der Waals surface area contributed by atoms with Crippen LogP contribution in [0, 0.1) is 0 Å². The first-order chi connectivity index (χ1) is 7.85. The summed E-state index contributed by atoms with van der Waals surface area (Å²) in [6.45, 7) is 2.80. The van der Waals surface area contributed by atoms with Crippen molar-refractivity contribution in [3.8, 4) is 5.69 Å². The monoisotopic (exact) mass is 215 g/mol. The molecule has 3 heteroatoms. The molecule has 84 valence electrons. The lowest BCUT2D eigenvalue weighted by molar-refractivity contribution is 0.886. The Kier molecular flexibility index (Phi) is 3.37. The molecule has 0 amide bonds. The Balaban J connectivity index is 2.36. The Hall–Kier alpha value is -1.61.